The number of fused-ring (bicyclic) bond motifs is 3. The molecule has 3 rings (SSSR count). The second kappa shape index (κ2) is 6.55. The van der Waals surface area contributed by atoms with Crippen LogP contribution in [0.15, 0.2) is 29.1 Å². The van der Waals surface area contributed by atoms with Crippen molar-refractivity contribution in [2.45, 2.75) is 46.6 Å². The lowest BCUT2D eigenvalue weighted by molar-refractivity contribution is -0.131. The molecule has 3 aromatic rings. The SMILES string of the molecule is CCN(CC)C(=O)Cn1nc2c3ccccc3nc(C(C)(C)C)n2c1=O. The van der Waals surface area contributed by atoms with E-state index in [4.69, 9.17) is 4.98 Å². The van der Waals surface area contributed by atoms with Gasteiger partial charge in [0.25, 0.3) is 0 Å². The summed E-state index contributed by atoms with van der Waals surface area (Å²) >= 11 is 0. The van der Waals surface area contributed by atoms with Gasteiger partial charge in [0.15, 0.2) is 5.65 Å². The van der Waals surface area contributed by atoms with E-state index in [1.54, 1.807) is 4.90 Å². The third kappa shape index (κ3) is 2.98. The van der Waals surface area contributed by atoms with Crippen molar-refractivity contribution in [2.75, 3.05) is 13.1 Å². The molecule has 0 bridgehead atoms. The Labute approximate surface area is 152 Å². The molecule has 0 saturated carbocycles. The first-order valence-corrected chi connectivity index (χ1v) is 8.94. The number of nitrogens with zero attached hydrogens (tertiary/aromatic N) is 5. The van der Waals surface area contributed by atoms with E-state index in [1.165, 1.54) is 9.08 Å². The van der Waals surface area contributed by atoms with E-state index < -0.39 is 0 Å². The van der Waals surface area contributed by atoms with Gasteiger partial charge in [0, 0.05) is 23.9 Å². The van der Waals surface area contributed by atoms with Crippen LogP contribution in [0.1, 0.15) is 40.4 Å². The molecule has 0 aliphatic carbocycles. The van der Waals surface area contributed by atoms with Crippen LogP contribution in [0, 0.1) is 0 Å². The molecular weight excluding hydrogens is 330 g/mol. The summed E-state index contributed by atoms with van der Waals surface area (Å²) in [6.45, 7) is 11.0. The monoisotopic (exact) mass is 355 g/mol. The highest BCUT2D eigenvalue weighted by atomic mass is 16.2. The van der Waals surface area contributed by atoms with Crippen LogP contribution in [-0.2, 0) is 16.8 Å². The molecule has 0 radical (unpaired) electrons. The zero-order chi connectivity index (χ0) is 19.1. The van der Waals surface area contributed by atoms with Gasteiger partial charge in [0.05, 0.1) is 5.52 Å². The number of carbonyl (C=O) groups excluding carboxylic acids is 1. The average Bonchev–Trinajstić information content (AvgIpc) is 2.91. The predicted octanol–water partition coefficient (Wildman–Crippen LogP) is 2.21. The van der Waals surface area contributed by atoms with E-state index in [2.05, 4.69) is 5.10 Å². The molecule has 0 saturated heterocycles. The number of carbonyl (C=O) groups is 1. The number of likely N-dealkylation sites (N-methyl/N-ethyl adjacent to an activating group) is 1. The summed E-state index contributed by atoms with van der Waals surface area (Å²) in [6.07, 6.45) is 0. The van der Waals surface area contributed by atoms with Crippen LogP contribution < -0.4 is 5.69 Å². The quantitative estimate of drug-likeness (QED) is 0.719. The van der Waals surface area contributed by atoms with Gasteiger partial charge in [0.1, 0.15) is 12.4 Å². The maximum Gasteiger partial charge on any atom is 0.352 e. The minimum absolute atomic E-state index is 0.0693. The van der Waals surface area contributed by atoms with Gasteiger partial charge in [0.2, 0.25) is 5.91 Å². The standard InChI is InChI=1S/C19H25N5O2/c1-6-22(7-2)15(25)12-23-18(26)24-16(21-23)13-10-8-9-11-14(13)20-17(24)19(3,4)5/h8-11H,6-7,12H2,1-5H3. The molecule has 0 unspecified atom stereocenters. The Morgan fingerprint density at radius 2 is 1.81 bits per heavy atom. The highest BCUT2D eigenvalue weighted by Crippen LogP contribution is 2.24. The van der Waals surface area contributed by atoms with E-state index in [9.17, 15) is 9.59 Å². The zero-order valence-corrected chi connectivity index (χ0v) is 16.0. The Morgan fingerprint density at radius 3 is 2.42 bits per heavy atom. The maximum absolute atomic E-state index is 13.0. The molecule has 1 aromatic carbocycles. The van der Waals surface area contributed by atoms with E-state index in [1.807, 2.05) is 58.9 Å². The first-order valence-electron chi connectivity index (χ1n) is 8.94. The topological polar surface area (TPSA) is 72.5 Å². The van der Waals surface area contributed by atoms with Gasteiger partial charge in [-0.2, -0.15) is 0 Å². The van der Waals surface area contributed by atoms with Crippen molar-refractivity contribution < 1.29 is 4.79 Å². The summed E-state index contributed by atoms with van der Waals surface area (Å²) in [6, 6.07) is 7.62. The van der Waals surface area contributed by atoms with Crippen molar-refractivity contribution in [1.82, 2.24) is 24.1 Å². The highest BCUT2D eigenvalue weighted by Gasteiger charge is 2.25. The van der Waals surface area contributed by atoms with Gasteiger partial charge in [-0.3, -0.25) is 4.79 Å². The molecule has 0 spiro atoms. The van der Waals surface area contributed by atoms with Crippen LogP contribution in [0.25, 0.3) is 16.6 Å². The predicted molar refractivity (Wildman–Crippen MR) is 101 cm³/mol. The third-order valence-electron chi connectivity index (χ3n) is 4.49. The lowest BCUT2D eigenvalue weighted by Gasteiger charge is -2.19. The summed E-state index contributed by atoms with van der Waals surface area (Å²) in [5.41, 5.74) is 0.654. The number of hydrogen-bond acceptors (Lipinski definition) is 4. The van der Waals surface area contributed by atoms with Crippen molar-refractivity contribution in [1.29, 1.82) is 0 Å². The van der Waals surface area contributed by atoms with Crippen molar-refractivity contribution in [3.63, 3.8) is 0 Å². The Morgan fingerprint density at radius 1 is 1.15 bits per heavy atom. The molecule has 0 aliphatic heterocycles. The van der Waals surface area contributed by atoms with Crippen LogP contribution in [0.5, 0.6) is 0 Å². The van der Waals surface area contributed by atoms with E-state index in [0.29, 0.717) is 24.6 Å². The third-order valence-corrected chi connectivity index (χ3v) is 4.49. The number of hydrogen-bond donors (Lipinski definition) is 0. The molecule has 2 aromatic heterocycles. The summed E-state index contributed by atoms with van der Waals surface area (Å²) in [5, 5.41) is 5.28. The number of para-hydroxylation sites is 1. The van der Waals surface area contributed by atoms with Gasteiger partial charge in [-0.15, -0.1) is 5.10 Å². The second-order valence-corrected chi connectivity index (χ2v) is 7.37. The second-order valence-electron chi connectivity index (χ2n) is 7.37. The molecule has 2 heterocycles. The molecule has 138 valence electrons. The van der Waals surface area contributed by atoms with Crippen LogP contribution >= 0.6 is 0 Å². The van der Waals surface area contributed by atoms with Crippen molar-refractivity contribution in [2.24, 2.45) is 0 Å². The fraction of sp³-hybridized carbons (Fsp3) is 0.474. The zero-order valence-electron chi connectivity index (χ0n) is 16.0. The van der Waals surface area contributed by atoms with Gasteiger partial charge >= 0.3 is 5.69 Å². The molecular formula is C19H25N5O2. The summed E-state index contributed by atoms with van der Waals surface area (Å²) in [7, 11) is 0. The Kier molecular flexibility index (Phi) is 4.56. The number of benzene rings is 1. The van der Waals surface area contributed by atoms with E-state index in [0.717, 1.165) is 10.9 Å². The van der Waals surface area contributed by atoms with Gasteiger partial charge in [-0.05, 0) is 26.0 Å². The Hall–Kier alpha value is -2.70. The summed E-state index contributed by atoms with van der Waals surface area (Å²) < 4.78 is 2.79. The lowest BCUT2D eigenvalue weighted by Crippen LogP contribution is -2.37. The lowest BCUT2D eigenvalue weighted by atomic mass is 9.95. The molecule has 7 nitrogen and oxygen atoms in total. The van der Waals surface area contributed by atoms with Crippen LogP contribution in [0.3, 0.4) is 0 Å². The van der Waals surface area contributed by atoms with Crippen molar-refractivity contribution in [3.05, 3.63) is 40.6 Å². The fourth-order valence-electron chi connectivity index (χ4n) is 3.11. The van der Waals surface area contributed by atoms with Crippen LogP contribution in [0.4, 0.5) is 0 Å². The van der Waals surface area contributed by atoms with Crippen molar-refractivity contribution in [3.8, 4) is 0 Å². The number of rotatable bonds is 4. The molecule has 0 N–H and O–H groups in total. The van der Waals surface area contributed by atoms with Gasteiger partial charge in [-0.1, -0.05) is 32.9 Å². The number of aromatic nitrogens is 4. The molecule has 26 heavy (non-hydrogen) atoms. The number of amides is 1. The van der Waals surface area contributed by atoms with Crippen LogP contribution in [-0.4, -0.2) is 43.1 Å². The molecule has 0 fully saturated rings. The fourth-order valence-corrected chi connectivity index (χ4v) is 3.11. The molecule has 1 amide bonds. The Bertz CT molecular complexity index is 1020. The molecule has 7 heteroatoms. The highest BCUT2D eigenvalue weighted by molar-refractivity contribution is 5.91. The first kappa shape index (κ1) is 18.1. The first-order chi connectivity index (χ1) is 12.3. The molecule has 0 aliphatic rings. The summed E-state index contributed by atoms with van der Waals surface area (Å²) in [4.78, 5) is 31.9. The smallest absolute Gasteiger partial charge is 0.342 e. The van der Waals surface area contributed by atoms with Crippen LogP contribution in [0.2, 0.25) is 0 Å². The van der Waals surface area contributed by atoms with Gasteiger partial charge in [-0.25, -0.2) is 18.9 Å². The normalized spacial score (nSPS) is 12.0. The van der Waals surface area contributed by atoms with E-state index >= 15 is 0 Å². The minimum Gasteiger partial charge on any atom is -0.342 e. The molecule has 0 atom stereocenters. The van der Waals surface area contributed by atoms with E-state index in [-0.39, 0.29) is 23.6 Å². The summed E-state index contributed by atoms with van der Waals surface area (Å²) in [5.74, 6) is 0.521. The van der Waals surface area contributed by atoms with Crippen molar-refractivity contribution >= 4 is 22.5 Å². The largest absolute Gasteiger partial charge is 0.352 e. The maximum atomic E-state index is 13.0. The average molecular weight is 355 g/mol. The Balaban J connectivity index is 2.26. The minimum atomic E-state index is -0.344. The van der Waals surface area contributed by atoms with Gasteiger partial charge < -0.3 is 4.90 Å².